The molecule has 9 heteroatoms. The second-order valence-electron chi connectivity index (χ2n) is 7.09. The molecule has 4 rings (SSSR count). The van der Waals surface area contributed by atoms with Crippen LogP contribution in [0.15, 0.2) is 18.2 Å². The maximum atomic E-state index is 12.8. The maximum absolute atomic E-state index is 12.8. The number of fused-ring (bicyclic) bond motifs is 1. The van der Waals surface area contributed by atoms with Gasteiger partial charge in [-0.2, -0.15) is 0 Å². The van der Waals surface area contributed by atoms with E-state index in [9.17, 15) is 19.2 Å². The van der Waals surface area contributed by atoms with Crippen LogP contribution < -0.4 is 15.4 Å². The van der Waals surface area contributed by atoms with Crippen molar-refractivity contribution in [2.24, 2.45) is 0 Å². The molecule has 0 bridgehead atoms. The van der Waals surface area contributed by atoms with Crippen molar-refractivity contribution in [3.8, 4) is 5.75 Å². The highest BCUT2D eigenvalue weighted by Gasteiger charge is 2.44. The van der Waals surface area contributed by atoms with Gasteiger partial charge < -0.3 is 10.1 Å². The summed E-state index contributed by atoms with van der Waals surface area (Å²) in [6, 6.07) is 3.82. The molecule has 1 aromatic rings. The Morgan fingerprint density at radius 3 is 2.54 bits per heavy atom. The van der Waals surface area contributed by atoms with Crippen molar-refractivity contribution >= 4 is 23.6 Å². The standard InChI is InChI=1S/C19H22N4O5/c24-16-4-3-15(17(25)21-16)23-18(26)13-2-1-12(11-14(13)19(23)27)28-10-9-22-7-5-20-6-8-22/h1-2,11,15,20H,3-10H2,(H,21,24,25). The van der Waals surface area contributed by atoms with Gasteiger partial charge in [0.05, 0.1) is 11.1 Å². The fourth-order valence-corrected chi connectivity index (χ4v) is 3.77. The topological polar surface area (TPSA) is 108 Å². The van der Waals surface area contributed by atoms with E-state index in [1.54, 1.807) is 18.2 Å². The van der Waals surface area contributed by atoms with E-state index < -0.39 is 29.7 Å². The van der Waals surface area contributed by atoms with Crippen LogP contribution in [0.2, 0.25) is 0 Å². The lowest BCUT2D eigenvalue weighted by Crippen LogP contribution is -2.54. The first-order valence-electron chi connectivity index (χ1n) is 9.46. The lowest BCUT2D eigenvalue weighted by Gasteiger charge is -2.27. The number of hydrogen-bond donors (Lipinski definition) is 2. The molecule has 1 unspecified atom stereocenters. The summed E-state index contributed by atoms with van der Waals surface area (Å²) < 4.78 is 5.77. The van der Waals surface area contributed by atoms with E-state index in [4.69, 9.17) is 4.74 Å². The van der Waals surface area contributed by atoms with Crippen LogP contribution in [0.4, 0.5) is 0 Å². The zero-order valence-electron chi connectivity index (χ0n) is 15.4. The molecule has 1 atom stereocenters. The van der Waals surface area contributed by atoms with Crippen molar-refractivity contribution in [2.75, 3.05) is 39.3 Å². The van der Waals surface area contributed by atoms with Crippen LogP contribution in [0, 0.1) is 0 Å². The van der Waals surface area contributed by atoms with Crippen molar-refractivity contribution in [2.45, 2.75) is 18.9 Å². The number of rotatable bonds is 5. The Morgan fingerprint density at radius 2 is 1.79 bits per heavy atom. The average Bonchev–Trinajstić information content (AvgIpc) is 2.93. The second kappa shape index (κ2) is 7.69. The van der Waals surface area contributed by atoms with E-state index in [1.807, 2.05) is 0 Å². The molecule has 2 fully saturated rings. The Kier molecular flexibility index (Phi) is 5.10. The van der Waals surface area contributed by atoms with Crippen molar-refractivity contribution in [3.63, 3.8) is 0 Å². The predicted octanol–water partition coefficient (Wildman–Crippen LogP) is -0.628. The van der Waals surface area contributed by atoms with Crippen LogP contribution in [0.25, 0.3) is 0 Å². The summed E-state index contributed by atoms with van der Waals surface area (Å²) >= 11 is 0. The van der Waals surface area contributed by atoms with Gasteiger partial charge in [0.1, 0.15) is 18.4 Å². The van der Waals surface area contributed by atoms with Gasteiger partial charge in [-0.3, -0.25) is 34.3 Å². The van der Waals surface area contributed by atoms with Gasteiger partial charge >= 0.3 is 0 Å². The smallest absolute Gasteiger partial charge is 0.262 e. The maximum Gasteiger partial charge on any atom is 0.262 e. The fraction of sp³-hybridized carbons (Fsp3) is 0.474. The number of nitrogens with zero attached hydrogens (tertiary/aromatic N) is 2. The van der Waals surface area contributed by atoms with Gasteiger partial charge in [0, 0.05) is 39.1 Å². The summed E-state index contributed by atoms with van der Waals surface area (Å²) in [6.07, 6.45) is 0.244. The summed E-state index contributed by atoms with van der Waals surface area (Å²) in [5.74, 6) is -1.53. The molecular formula is C19H22N4O5. The number of imide groups is 2. The lowest BCUT2D eigenvalue weighted by molar-refractivity contribution is -0.136. The van der Waals surface area contributed by atoms with Gasteiger partial charge in [-0.05, 0) is 24.6 Å². The largest absolute Gasteiger partial charge is 0.492 e. The first-order valence-corrected chi connectivity index (χ1v) is 9.46. The molecule has 0 aromatic heterocycles. The third kappa shape index (κ3) is 3.50. The molecule has 0 saturated carbocycles. The molecule has 3 aliphatic rings. The highest BCUT2D eigenvalue weighted by Crippen LogP contribution is 2.30. The Bertz CT molecular complexity index is 834. The number of benzene rings is 1. The molecule has 0 aliphatic carbocycles. The van der Waals surface area contributed by atoms with E-state index in [0.717, 1.165) is 37.6 Å². The van der Waals surface area contributed by atoms with Crippen molar-refractivity contribution < 1.29 is 23.9 Å². The number of hydrogen-bond acceptors (Lipinski definition) is 7. The Hall–Kier alpha value is -2.78. The SMILES string of the molecule is O=C1CCC(N2C(=O)c3ccc(OCCN4CCNCC4)cc3C2=O)C(=O)N1. The molecule has 3 aliphatic heterocycles. The number of carbonyl (C=O) groups is 4. The minimum atomic E-state index is -0.956. The monoisotopic (exact) mass is 386 g/mol. The summed E-state index contributed by atoms with van der Waals surface area (Å²) in [4.78, 5) is 52.1. The highest BCUT2D eigenvalue weighted by molar-refractivity contribution is 6.23. The second-order valence-corrected chi connectivity index (χ2v) is 7.09. The number of ether oxygens (including phenoxy) is 1. The number of nitrogens with one attached hydrogen (secondary N) is 2. The number of carbonyl (C=O) groups excluding carboxylic acids is 4. The average molecular weight is 386 g/mol. The van der Waals surface area contributed by atoms with E-state index in [2.05, 4.69) is 15.5 Å². The van der Waals surface area contributed by atoms with Gasteiger partial charge in [0.15, 0.2) is 0 Å². The molecule has 2 N–H and O–H groups in total. The molecule has 4 amide bonds. The number of amides is 4. The highest BCUT2D eigenvalue weighted by atomic mass is 16.5. The molecule has 0 radical (unpaired) electrons. The quantitative estimate of drug-likeness (QED) is 0.649. The summed E-state index contributed by atoms with van der Waals surface area (Å²) in [5, 5.41) is 5.48. The first kappa shape index (κ1) is 18.6. The van der Waals surface area contributed by atoms with Crippen molar-refractivity contribution in [3.05, 3.63) is 29.3 Å². The van der Waals surface area contributed by atoms with Crippen LogP contribution in [0.1, 0.15) is 33.6 Å². The van der Waals surface area contributed by atoms with Gasteiger partial charge in [0.25, 0.3) is 11.8 Å². The Morgan fingerprint density at radius 1 is 1.04 bits per heavy atom. The van der Waals surface area contributed by atoms with E-state index in [-0.39, 0.29) is 24.0 Å². The normalized spacial score (nSPS) is 23.0. The minimum absolute atomic E-state index is 0.101. The van der Waals surface area contributed by atoms with Crippen molar-refractivity contribution in [1.29, 1.82) is 0 Å². The molecule has 1 aromatic carbocycles. The molecule has 0 spiro atoms. The number of piperazine rings is 1. The molecule has 148 valence electrons. The predicted molar refractivity (Wildman–Crippen MR) is 97.9 cm³/mol. The zero-order chi connectivity index (χ0) is 19.7. The van der Waals surface area contributed by atoms with Crippen LogP contribution in [-0.4, -0.2) is 78.8 Å². The number of piperidine rings is 1. The Labute approximate surface area is 162 Å². The summed E-state index contributed by atoms with van der Waals surface area (Å²) in [6.45, 7) is 5.14. The molecule has 9 nitrogen and oxygen atoms in total. The summed E-state index contributed by atoms with van der Waals surface area (Å²) in [7, 11) is 0. The van der Waals surface area contributed by atoms with Crippen LogP contribution >= 0.6 is 0 Å². The van der Waals surface area contributed by atoms with Gasteiger partial charge in [-0.25, -0.2) is 0 Å². The molecular weight excluding hydrogens is 364 g/mol. The van der Waals surface area contributed by atoms with Crippen LogP contribution in [0.5, 0.6) is 5.75 Å². The first-order chi connectivity index (χ1) is 13.5. The zero-order valence-corrected chi connectivity index (χ0v) is 15.4. The molecule has 2 saturated heterocycles. The van der Waals surface area contributed by atoms with Gasteiger partial charge in [-0.1, -0.05) is 0 Å². The fourth-order valence-electron chi connectivity index (χ4n) is 3.77. The van der Waals surface area contributed by atoms with Gasteiger partial charge in [-0.15, -0.1) is 0 Å². The van der Waals surface area contributed by atoms with E-state index in [1.165, 1.54) is 0 Å². The van der Waals surface area contributed by atoms with E-state index in [0.29, 0.717) is 12.4 Å². The van der Waals surface area contributed by atoms with Crippen LogP contribution in [-0.2, 0) is 9.59 Å². The molecule has 3 heterocycles. The lowest BCUT2D eigenvalue weighted by atomic mass is 10.0. The Balaban J connectivity index is 1.43. The minimum Gasteiger partial charge on any atom is -0.492 e. The summed E-state index contributed by atoms with van der Waals surface area (Å²) in [5.41, 5.74) is 0.485. The third-order valence-electron chi connectivity index (χ3n) is 5.30. The van der Waals surface area contributed by atoms with Crippen molar-refractivity contribution in [1.82, 2.24) is 20.4 Å². The van der Waals surface area contributed by atoms with E-state index >= 15 is 0 Å². The van der Waals surface area contributed by atoms with Crippen LogP contribution in [0.3, 0.4) is 0 Å². The molecule has 28 heavy (non-hydrogen) atoms. The van der Waals surface area contributed by atoms with Gasteiger partial charge in [0.2, 0.25) is 11.8 Å². The third-order valence-corrected chi connectivity index (χ3v) is 5.30.